The molecule has 5 N–H and O–H groups in total. The second-order valence-corrected chi connectivity index (χ2v) is 7.59. The summed E-state index contributed by atoms with van der Waals surface area (Å²) >= 11 is 0. The third-order valence-electron chi connectivity index (χ3n) is 5.15. The lowest BCUT2D eigenvalue weighted by molar-refractivity contribution is 0.407. The largest absolute Gasteiger partial charge is 0.508 e. The molecule has 1 heterocycles. The Balaban J connectivity index is 1.76. The Morgan fingerprint density at radius 2 is 1.06 bits per heavy atom. The number of hydrogen-bond donors (Lipinski definition) is 5. The number of anilines is 4. The van der Waals surface area contributed by atoms with Gasteiger partial charge in [-0.2, -0.15) is 15.0 Å². The van der Waals surface area contributed by atoms with Crippen LogP contribution in [0.5, 0.6) is 34.5 Å². The van der Waals surface area contributed by atoms with E-state index in [9.17, 15) is 15.3 Å². The molecule has 0 bridgehead atoms. The molecule has 0 amide bonds. The highest BCUT2D eigenvalue weighted by molar-refractivity contribution is 5.67. The lowest BCUT2D eigenvalue weighted by Crippen LogP contribution is -2.09. The van der Waals surface area contributed by atoms with Crippen LogP contribution < -0.4 is 24.8 Å². The molecule has 0 aliphatic carbocycles. The van der Waals surface area contributed by atoms with Crippen LogP contribution in [0.3, 0.4) is 0 Å². The van der Waals surface area contributed by atoms with Crippen LogP contribution in [0, 0.1) is 0 Å². The predicted octanol–water partition coefficient (Wildman–Crippen LogP) is 4.09. The molecule has 0 saturated heterocycles. The van der Waals surface area contributed by atoms with Crippen molar-refractivity contribution in [2.24, 2.45) is 0 Å². The molecule has 0 radical (unpaired) electrons. The van der Waals surface area contributed by atoms with E-state index < -0.39 is 0 Å². The summed E-state index contributed by atoms with van der Waals surface area (Å²) in [5.41, 5.74) is 1.53. The van der Waals surface area contributed by atoms with E-state index in [4.69, 9.17) is 14.2 Å². The number of nitrogens with zero attached hydrogens (tertiary/aromatic N) is 3. The molecular weight excluding hydrogens is 466 g/mol. The van der Waals surface area contributed by atoms with E-state index in [0.717, 1.165) is 0 Å². The second kappa shape index (κ2) is 10.6. The Bertz CT molecular complexity index is 1200. The average Bonchev–Trinajstić information content (AvgIpc) is 2.84. The summed E-state index contributed by atoms with van der Waals surface area (Å²) in [4.78, 5) is 13.5. The molecule has 3 aromatic carbocycles. The van der Waals surface area contributed by atoms with Gasteiger partial charge in [-0.25, -0.2) is 0 Å². The van der Waals surface area contributed by atoms with Gasteiger partial charge in [0.2, 0.25) is 11.9 Å². The number of phenolic OH excluding ortho intramolecular Hbond substituents is 3. The van der Waals surface area contributed by atoms with E-state index in [1.807, 2.05) is 0 Å². The Morgan fingerprint density at radius 3 is 1.53 bits per heavy atom. The maximum atomic E-state index is 9.97. The lowest BCUT2D eigenvalue weighted by atomic mass is 10.1. The minimum atomic E-state index is 0.0277. The van der Waals surface area contributed by atoms with Crippen molar-refractivity contribution >= 4 is 23.3 Å². The molecule has 0 aliphatic rings. The first-order chi connectivity index (χ1) is 17.4. The Hall–Kier alpha value is -4.93. The first kappa shape index (κ1) is 24.2. The number of benzene rings is 3. The number of hydrogen-bond acceptors (Lipinski definition) is 11. The number of rotatable bonds is 9. The second-order valence-electron chi connectivity index (χ2n) is 7.59. The van der Waals surface area contributed by atoms with E-state index in [-0.39, 0.29) is 35.6 Å². The van der Waals surface area contributed by atoms with Crippen molar-refractivity contribution in [3.05, 3.63) is 66.0 Å². The fourth-order valence-electron chi connectivity index (χ4n) is 3.51. The zero-order valence-corrected chi connectivity index (χ0v) is 19.8. The van der Waals surface area contributed by atoms with Gasteiger partial charge in [-0.3, -0.25) is 0 Å². The standard InChI is InChI=1S/C25H25N5O6/c1-34-20-7-4-15(31)10-14(20)11-23-28-24(26-18-12-16(32)5-8-21(18)35-2)30-25(29-23)27-19-13-17(33)6-9-22(19)36-3/h4-10,12-13,31-33H,11H2,1-3H3,(H2,26,27,28,29,30). The fourth-order valence-corrected chi connectivity index (χ4v) is 3.51. The van der Waals surface area contributed by atoms with Crippen molar-refractivity contribution in [1.29, 1.82) is 0 Å². The maximum absolute atomic E-state index is 9.97. The summed E-state index contributed by atoms with van der Waals surface area (Å²) in [6.07, 6.45) is 0.206. The summed E-state index contributed by atoms with van der Waals surface area (Å²) in [6.45, 7) is 0. The first-order valence-corrected chi connectivity index (χ1v) is 10.8. The Labute approximate surface area is 207 Å². The van der Waals surface area contributed by atoms with Gasteiger partial charge in [0, 0.05) is 24.1 Å². The fraction of sp³-hybridized carbons (Fsp3) is 0.160. The quantitative estimate of drug-likeness (QED) is 0.230. The Kier molecular flexibility index (Phi) is 7.10. The van der Waals surface area contributed by atoms with Gasteiger partial charge < -0.3 is 40.2 Å². The third-order valence-corrected chi connectivity index (χ3v) is 5.15. The molecule has 1 aromatic heterocycles. The molecule has 0 atom stereocenters. The van der Waals surface area contributed by atoms with Crippen molar-refractivity contribution < 1.29 is 29.5 Å². The predicted molar refractivity (Wildman–Crippen MR) is 133 cm³/mol. The van der Waals surface area contributed by atoms with Gasteiger partial charge in [0.25, 0.3) is 0 Å². The van der Waals surface area contributed by atoms with Crippen LogP contribution in [0.4, 0.5) is 23.3 Å². The summed E-state index contributed by atoms with van der Waals surface area (Å²) in [5, 5.41) is 35.9. The molecule has 4 rings (SSSR count). The van der Waals surface area contributed by atoms with Crippen molar-refractivity contribution in [1.82, 2.24) is 15.0 Å². The van der Waals surface area contributed by atoms with Gasteiger partial charge >= 0.3 is 0 Å². The molecule has 11 heteroatoms. The number of nitrogens with one attached hydrogen (secondary N) is 2. The molecule has 4 aromatic rings. The highest BCUT2D eigenvalue weighted by Gasteiger charge is 2.15. The van der Waals surface area contributed by atoms with Crippen LogP contribution in [0.25, 0.3) is 0 Å². The zero-order valence-electron chi connectivity index (χ0n) is 19.8. The number of aromatic hydroxyl groups is 3. The summed E-state index contributed by atoms with van der Waals surface area (Å²) in [5.74, 6) is 2.28. The molecular formula is C25H25N5O6. The molecule has 0 unspecified atom stereocenters. The topological polar surface area (TPSA) is 151 Å². The molecule has 0 saturated carbocycles. The van der Waals surface area contributed by atoms with E-state index in [1.54, 1.807) is 24.3 Å². The van der Waals surface area contributed by atoms with Gasteiger partial charge in [0.05, 0.1) is 32.7 Å². The highest BCUT2D eigenvalue weighted by Crippen LogP contribution is 2.33. The molecule has 0 spiro atoms. The van der Waals surface area contributed by atoms with Crippen molar-refractivity contribution in [3.8, 4) is 34.5 Å². The average molecular weight is 492 g/mol. The van der Waals surface area contributed by atoms with Gasteiger partial charge in [-0.05, 0) is 42.5 Å². The normalized spacial score (nSPS) is 10.5. The van der Waals surface area contributed by atoms with E-state index in [0.29, 0.717) is 40.0 Å². The minimum Gasteiger partial charge on any atom is -0.508 e. The van der Waals surface area contributed by atoms with Crippen molar-refractivity contribution in [2.75, 3.05) is 32.0 Å². The van der Waals surface area contributed by atoms with Crippen molar-refractivity contribution in [3.63, 3.8) is 0 Å². The zero-order chi connectivity index (χ0) is 25.7. The van der Waals surface area contributed by atoms with Crippen LogP contribution in [-0.4, -0.2) is 51.6 Å². The monoisotopic (exact) mass is 491 g/mol. The van der Waals surface area contributed by atoms with Gasteiger partial charge in [0.1, 0.15) is 40.3 Å². The van der Waals surface area contributed by atoms with Gasteiger partial charge in [0.15, 0.2) is 0 Å². The smallest absolute Gasteiger partial charge is 0.232 e. The van der Waals surface area contributed by atoms with Crippen LogP contribution in [0.15, 0.2) is 54.6 Å². The van der Waals surface area contributed by atoms with Gasteiger partial charge in [-0.15, -0.1) is 0 Å². The van der Waals surface area contributed by atoms with Gasteiger partial charge in [-0.1, -0.05) is 0 Å². The summed E-state index contributed by atoms with van der Waals surface area (Å²) in [7, 11) is 4.54. The maximum Gasteiger partial charge on any atom is 0.232 e. The third kappa shape index (κ3) is 5.58. The minimum absolute atomic E-state index is 0.0277. The number of methoxy groups -OCH3 is 3. The number of phenols is 3. The van der Waals surface area contributed by atoms with Crippen LogP contribution in [0.2, 0.25) is 0 Å². The highest BCUT2D eigenvalue weighted by atomic mass is 16.5. The van der Waals surface area contributed by atoms with Crippen LogP contribution in [-0.2, 0) is 6.42 Å². The van der Waals surface area contributed by atoms with Crippen molar-refractivity contribution in [2.45, 2.75) is 6.42 Å². The summed E-state index contributed by atoms with van der Waals surface area (Å²) < 4.78 is 16.1. The molecule has 0 fully saturated rings. The van der Waals surface area contributed by atoms with Crippen LogP contribution >= 0.6 is 0 Å². The van der Waals surface area contributed by atoms with E-state index >= 15 is 0 Å². The lowest BCUT2D eigenvalue weighted by Gasteiger charge is -2.15. The summed E-state index contributed by atoms with van der Waals surface area (Å²) in [6, 6.07) is 13.9. The SMILES string of the molecule is COc1ccc(O)cc1Cc1nc(Nc2cc(O)ccc2OC)nc(Nc2cc(O)ccc2OC)n1. The Morgan fingerprint density at radius 1 is 0.611 bits per heavy atom. The molecule has 186 valence electrons. The molecule has 36 heavy (non-hydrogen) atoms. The van der Waals surface area contributed by atoms with Crippen LogP contribution in [0.1, 0.15) is 11.4 Å². The molecule has 11 nitrogen and oxygen atoms in total. The van der Waals surface area contributed by atoms with E-state index in [2.05, 4.69) is 25.6 Å². The first-order valence-electron chi connectivity index (χ1n) is 10.8. The number of aromatic nitrogens is 3. The molecule has 0 aliphatic heterocycles. The van der Waals surface area contributed by atoms with E-state index in [1.165, 1.54) is 51.7 Å². The number of ether oxygens (including phenoxy) is 3.